The van der Waals surface area contributed by atoms with Gasteiger partial charge in [-0.2, -0.15) is 4.31 Å². The lowest BCUT2D eigenvalue weighted by molar-refractivity contribution is 0.102. The van der Waals surface area contributed by atoms with E-state index in [4.69, 9.17) is 4.74 Å². The van der Waals surface area contributed by atoms with E-state index in [1.54, 1.807) is 60.2 Å². The number of anilines is 1. The number of ether oxygens (including phenoxy) is 1. The molecule has 0 bridgehead atoms. The average molecular weight is 439 g/mol. The molecule has 31 heavy (non-hydrogen) atoms. The molecule has 8 nitrogen and oxygen atoms in total. The van der Waals surface area contributed by atoms with Gasteiger partial charge >= 0.3 is 0 Å². The highest BCUT2D eigenvalue weighted by Crippen LogP contribution is 2.36. The van der Waals surface area contributed by atoms with Gasteiger partial charge in [-0.3, -0.25) is 9.36 Å². The Kier molecular flexibility index (Phi) is 4.79. The summed E-state index contributed by atoms with van der Waals surface area (Å²) < 4.78 is 35.1. The van der Waals surface area contributed by atoms with Crippen LogP contribution in [-0.4, -0.2) is 41.8 Å². The molecule has 1 aliphatic carbocycles. The van der Waals surface area contributed by atoms with Gasteiger partial charge in [0.25, 0.3) is 5.91 Å². The van der Waals surface area contributed by atoms with E-state index in [-0.39, 0.29) is 17.1 Å². The number of para-hydroxylation sites is 1. The number of hydrogen-bond donors (Lipinski definition) is 1. The molecule has 160 valence electrons. The number of carbonyl (C=O) groups excluding carboxylic acids is 1. The van der Waals surface area contributed by atoms with Crippen molar-refractivity contribution in [3.63, 3.8) is 0 Å². The van der Waals surface area contributed by atoms with Crippen molar-refractivity contribution in [2.45, 2.75) is 24.3 Å². The number of carbonyl (C=O) groups is 1. The largest absolute Gasteiger partial charge is 0.497 e. The van der Waals surface area contributed by atoms with Gasteiger partial charge in [0, 0.05) is 18.3 Å². The van der Waals surface area contributed by atoms with E-state index in [1.807, 2.05) is 0 Å². The number of benzene rings is 2. The lowest BCUT2D eigenvalue weighted by Crippen LogP contribution is -2.32. The molecule has 0 unspecified atom stereocenters. The number of amides is 1. The SMILES string of the molecule is COc1cccc(NC(=O)c2ncn3c2CN(CC2CC2)S(=O)(=O)c2ccccc2-3)c1. The average Bonchev–Trinajstić information content (AvgIpc) is 3.51. The molecule has 1 aliphatic heterocycles. The molecular formula is C22H22N4O4S. The molecule has 2 heterocycles. The Labute approximate surface area is 180 Å². The van der Waals surface area contributed by atoms with Crippen LogP contribution in [-0.2, 0) is 16.6 Å². The zero-order chi connectivity index (χ0) is 21.6. The first kappa shape index (κ1) is 19.8. The second-order valence-corrected chi connectivity index (χ2v) is 9.71. The van der Waals surface area contributed by atoms with Crippen molar-refractivity contribution in [1.29, 1.82) is 0 Å². The van der Waals surface area contributed by atoms with Crippen molar-refractivity contribution in [3.8, 4) is 11.4 Å². The van der Waals surface area contributed by atoms with E-state index < -0.39 is 15.9 Å². The first-order chi connectivity index (χ1) is 15.0. The molecule has 1 N–H and O–H groups in total. The van der Waals surface area contributed by atoms with Gasteiger partial charge in [0.2, 0.25) is 10.0 Å². The molecule has 9 heteroatoms. The summed E-state index contributed by atoms with van der Waals surface area (Å²) >= 11 is 0. The minimum absolute atomic E-state index is 0.0916. The predicted molar refractivity (Wildman–Crippen MR) is 115 cm³/mol. The number of nitrogens with one attached hydrogen (secondary N) is 1. The maximum atomic E-state index is 13.4. The third-order valence-corrected chi connectivity index (χ3v) is 7.50. The molecule has 0 spiro atoms. The standard InChI is InChI=1S/C22H22N4O4S/c1-30-17-6-4-5-16(11-17)24-22(27)21-19-13-25(12-15-9-10-15)31(28,29)20-8-3-2-7-18(20)26(19)14-23-21/h2-8,11,14-15H,9-10,12-13H2,1H3,(H,24,27). The Balaban J connectivity index is 1.56. The second-order valence-electron chi connectivity index (χ2n) is 7.80. The number of aromatic nitrogens is 2. The summed E-state index contributed by atoms with van der Waals surface area (Å²) in [7, 11) is -2.13. The maximum absolute atomic E-state index is 13.4. The summed E-state index contributed by atoms with van der Waals surface area (Å²) in [6.45, 7) is 0.535. The third-order valence-electron chi connectivity index (χ3n) is 5.64. The van der Waals surface area contributed by atoms with Crippen LogP contribution in [0, 0.1) is 5.92 Å². The summed E-state index contributed by atoms with van der Waals surface area (Å²) in [5, 5.41) is 2.84. The zero-order valence-electron chi connectivity index (χ0n) is 17.0. The summed E-state index contributed by atoms with van der Waals surface area (Å²) in [5.74, 6) is 0.590. The van der Waals surface area contributed by atoms with Crippen molar-refractivity contribution >= 4 is 21.6 Å². The van der Waals surface area contributed by atoms with Crippen LogP contribution in [0.15, 0.2) is 59.8 Å². The van der Waals surface area contributed by atoms with Gasteiger partial charge in [0.15, 0.2) is 5.69 Å². The van der Waals surface area contributed by atoms with Crippen LogP contribution >= 0.6 is 0 Å². The maximum Gasteiger partial charge on any atom is 0.276 e. The first-order valence-corrected chi connectivity index (χ1v) is 11.5. The lowest BCUT2D eigenvalue weighted by Gasteiger charge is -2.20. The monoisotopic (exact) mass is 438 g/mol. The molecule has 0 atom stereocenters. The van der Waals surface area contributed by atoms with E-state index in [2.05, 4.69) is 10.3 Å². The van der Waals surface area contributed by atoms with Crippen molar-refractivity contribution < 1.29 is 17.9 Å². The van der Waals surface area contributed by atoms with Gasteiger partial charge in [0.1, 0.15) is 17.0 Å². The number of methoxy groups -OCH3 is 1. The van der Waals surface area contributed by atoms with Crippen molar-refractivity contribution in [1.82, 2.24) is 13.9 Å². The Morgan fingerprint density at radius 3 is 2.77 bits per heavy atom. The Bertz CT molecular complexity index is 1260. The number of hydrogen-bond acceptors (Lipinski definition) is 5. The van der Waals surface area contributed by atoms with Crippen molar-refractivity contribution in [2.24, 2.45) is 5.92 Å². The number of sulfonamides is 1. The van der Waals surface area contributed by atoms with Crippen LogP contribution in [0.1, 0.15) is 29.0 Å². The van der Waals surface area contributed by atoms with E-state index in [0.29, 0.717) is 35.3 Å². The molecule has 1 aromatic heterocycles. The third kappa shape index (κ3) is 3.60. The Hall–Kier alpha value is -3.17. The first-order valence-electron chi connectivity index (χ1n) is 10.1. The second kappa shape index (κ2) is 7.51. The minimum Gasteiger partial charge on any atom is -0.497 e. The minimum atomic E-state index is -3.69. The summed E-state index contributed by atoms with van der Waals surface area (Å²) in [4.78, 5) is 17.7. The van der Waals surface area contributed by atoms with Crippen LogP contribution in [0.3, 0.4) is 0 Å². The van der Waals surface area contributed by atoms with E-state index in [1.165, 1.54) is 10.6 Å². The number of rotatable bonds is 5. The fraction of sp³-hybridized carbons (Fsp3) is 0.273. The fourth-order valence-electron chi connectivity index (χ4n) is 3.83. The van der Waals surface area contributed by atoms with Crippen LogP contribution < -0.4 is 10.1 Å². The van der Waals surface area contributed by atoms with Gasteiger partial charge in [-0.1, -0.05) is 18.2 Å². The van der Waals surface area contributed by atoms with Crippen LogP contribution in [0.2, 0.25) is 0 Å². The van der Waals surface area contributed by atoms with Crippen LogP contribution in [0.25, 0.3) is 5.69 Å². The molecule has 0 saturated heterocycles. The molecule has 3 aromatic rings. The molecule has 5 rings (SSSR count). The molecule has 1 saturated carbocycles. The van der Waals surface area contributed by atoms with E-state index in [0.717, 1.165) is 12.8 Å². The topological polar surface area (TPSA) is 93.5 Å². The Morgan fingerprint density at radius 1 is 1.19 bits per heavy atom. The summed E-state index contributed by atoms with van der Waals surface area (Å²) in [5.41, 5.74) is 1.83. The molecule has 2 aliphatic rings. The lowest BCUT2D eigenvalue weighted by atomic mass is 10.2. The zero-order valence-corrected chi connectivity index (χ0v) is 17.8. The molecule has 1 fully saturated rings. The van der Waals surface area contributed by atoms with Gasteiger partial charge in [0.05, 0.1) is 25.0 Å². The van der Waals surface area contributed by atoms with Gasteiger partial charge in [-0.25, -0.2) is 13.4 Å². The van der Waals surface area contributed by atoms with Gasteiger partial charge in [-0.05, 0) is 43.0 Å². The molecule has 2 aromatic carbocycles. The Morgan fingerprint density at radius 2 is 2.00 bits per heavy atom. The molecule has 0 radical (unpaired) electrons. The van der Waals surface area contributed by atoms with Crippen LogP contribution in [0.4, 0.5) is 5.69 Å². The van der Waals surface area contributed by atoms with E-state index in [9.17, 15) is 13.2 Å². The normalized spacial score (nSPS) is 17.3. The van der Waals surface area contributed by atoms with E-state index >= 15 is 0 Å². The molecular weight excluding hydrogens is 416 g/mol. The fourth-order valence-corrected chi connectivity index (χ4v) is 5.49. The van der Waals surface area contributed by atoms with Crippen molar-refractivity contribution in [3.05, 3.63) is 66.2 Å². The van der Waals surface area contributed by atoms with Gasteiger partial charge < -0.3 is 10.1 Å². The number of imidazole rings is 1. The molecule has 1 amide bonds. The summed E-state index contributed by atoms with van der Waals surface area (Å²) in [6.07, 6.45) is 3.57. The highest BCUT2D eigenvalue weighted by atomic mass is 32.2. The number of fused-ring (bicyclic) bond motifs is 3. The van der Waals surface area contributed by atoms with Gasteiger partial charge in [-0.15, -0.1) is 0 Å². The smallest absolute Gasteiger partial charge is 0.276 e. The quantitative estimate of drug-likeness (QED) is 0.661. The predicted octanol–water partition coefficient (Wildman–Crippen LogP) is 3.05. The van der Waals surface area contributed by atoms with Crippen LogP contribution in [0.5, 0.6) is 5.75 Å². The number of nitrogens with zero attached hydrogens (tertiary/aromatic N) is 3. The highest BCUT2D eigenvalue weighted by Gasteiger charge is 2.37. The summed E-state index contributed by atoms with van der Waals surface area (Å²) in [6, 6.07) is 13.9. The highest BCUT2D eigenvalue weighted by molar-refractivity contribution is 7.89. The van der Waals surface area contributed by atoms with Crippen molar-refractivity contribution in [2.75, 3.05) is 19.0 Å².